The fourth-order valence-corrected chi connectivity index (χ4v) is 6.37. The number of hydrogen-bond donors (Lipinski definition) is 3. The van der Waals surface area contributed by atoms with Gasteiger partial charge in [-0.2, -0.15) is 4.31 Å². The number of nitrogens with zero attached hydrogens (tertiary/aromatic N) is 4. The Labute approximate surface area is 244 Å². The monoisotopic (exact) mass is 619 g/mol. The summed E-state index contributed by atoms with van der Waals surface area (Å²) in [5.74, 6) is -0.836. The molecule has 1 amide bonds. The van der Waals surface area contributed by atoms with Gasteiger partial charge in [-0.3, -0.25) is 14.8 Å². The van der Waals surface area contributed by atoms with E-state index in [1.165, 1.54) is 6.20 Å². The van der Waals surface area contributed by atoms with E-state index in [9.17, 15) is 31.2 Å². The number of carbonyl (C=O) groups is 1. The summed E-state index contributed by atoms with van der Waals surface area (Å²) in [6.07, 6.45) is -1.61. The third kappa shape index (κ3) is 6.97. The SMILES string of the molecule is CCCc1ccc(CNC(=O)[C@H]2CN(c3cnc4[nH]c(=O)[nH]c4n3)CCN2S(=O)(=O)c2ccc(OC(F)(F)F)cc2)cc1. The van der Waals surface area contributed by atoms with Gasteiger partial charge in [0.2, 0.25) is 15.9 Å². The zero-order chi connectivity index (χ0) is 30.8. The van der Waals surface area contributed by atoms with Crippen molar-refractivity contribution in [1.82, 2.24) is 29.6 Å². The van der Waals surface area contributed by atoms with Crippen LogP contribution in [0, 0.1) is 0 Å². The molecule has 4 aromatic rings. The molecule has 1 atom stereocenters. The molecule has 1 fully saturated rings. The number of fused-ring (bicyclic) bond motifs is 1. The molecule has 1 saturated heterocycles. The number of carbonyl (C=O) groups excluding carboxylic acids is 1. The van der Waals surface area contributed by atoms with E-state index in [4.69, 9.17) is 0 Å². The van der Waals surface area contributed by atoms with Crippen molar-refractivity contribution in [2.75, 3.05) is 24.5 Å². The molecule has 228 valence electrons. The Morgan fingerprint density at radius 1 is 1.05 bits per heavy atom. The van der Waals surface area contributed by atoms with Crippen molar-refractivity contribution in [1.29, 1.82) is 0 Å². The van der Waals surface area contributed by atoms with Gasteiger partial charge in [-0.05, 0) is 41.8 Å². The van der Waals surface area contributed by atoms with Crippen molar-refractivity contribution < 1.29 is 31.1 Å². The van der Waals surface area contributed by atoms with Crippen molar-refractivity contribution in [2.45, 2.75) is 43.6 Å². The number of H-pyrrole nitrogens is 2. The van der Waals surface area contributed by atoms with E-state index >= 15 is 0 Å². The highest BCUT2D eigenvalue weighted by Crippen LogP contribution is 2.28. The Morgan fingerprint density at radius 3 is 2.40 bits per heavy atom. The van der Waals surface area contributed by atoms with Gasteiger partial charge in [-0.1, -0.05) is 37.6 Å². The minimum absolute atomic E-state index is 0.107. The first-order chi connectivity index (χ1) is 20.4. The van der Waals surface area contributed by atoms with Crippen LogP contribution in [-0.4, -0.2) is 70.6 Å². The van der Waals surface area contributed by atoms with Gasteiger partial charge in [-0.25, -0.2) is 23.2 Å². The van der Waals surface area contributed by atoms with Crippen LogP contribution in [0.4, 0.5) is 19.0 Å². The predicted octanol–water partition coefficient (Wildman–Crippen LogP) is 2.69. The van der Waals surface area contributed by atoms with Gasteiger partial charge in [0.25, 0.3) is 0 Å². The Balaban J connectivity index is 1.40. The molecule has 0 unspecified atom stereocenters. The molecule has 3 N–H and O–H groups in total. The van der Waals surface area contributed by atoms with Gasteiger partial charge < -0.3 is 15.0 Å². The van der Waals surface area contributed by atoms with E-state index in [1.807, 2.05) is 24.3 Å². The summed E-state index contributed by atoms with van der Waals surface area (Å²) >= 11 is 0. The van der Waals surface area contributed by atoms with Crippen LogP contribution in [0.3, 0.4) is 0 Å². The first-order valence-electron chi connectivity index (χ1n) is 13.4. The van der Waals surface area contributed by atoms with Crippen LogP contribution in [0.2, 0.25) is 0 Å². The molecule has 0 spiro atoms. The average molecular weight is 620 g/mol. The van der Waals surface area contributed by atoms with Crippen molar-refractivity contribution in [2.24, 2.45) is 0 Å². The summed E-state index contributed by atoms with van der Waals surface area (Å²) in [6, 6.07) is 10.3. The minimum atomic E-state index is -4.93. The summed E-state index contributed by atoms with van der Waals surface area (Å²) in [4.78, 5) is 40.1. The maximum atomic E-state index is 13.7. The zero-order valence-corrected chi connectivity index (χ0v) is 23.7. The molecule has 3 heterocycles. The van der Waals surface area contributed by atoms with Crippen molar-refractivity contribution in [3.05, 3.63) is 76.3 Å². The van der Waals surface area contributed by atoms with E-state index in [2.05, 4.69) is 36.9 Å². The van der Waals surface area contributed by atoms with E-state index in [0.29, 0.717) is 5.82 Å². The molecule has 1 aliphatic rings. The number of aromatic amines is 2. The van der Waals surface area contributed by atoms with Crippen LogP contribution in [-0.2, 0) is 27.8 Å². The molecule has 0 saturated carbocycles. The normalized spacial score (nSPS) is 16.4. The van der Waals surface area contributed by atoms with Crippen LogP contribution in [0.1, 0.15) is 24.5 Å². The smallest absolute Gasteiger partial charge is 0.406 e. The second-order valence-electron chi connectivity index (χ2n) is 9.89. The summed E-state index contributed by atoms with van der Waals surface area (Å²) < 4.78 is 70.0. The molecule has 2 aromatic carbocycles. The minimum Gasteiger partial charge on any atom is -0.406 e. The maximum Gasteiger partial charge on any atom is 0.573 e. The molecular weight excluding hydrogens is 591 g/mol. The van der Waals surface area contributed by atoms with Gasteiger partial charge in [0, 0.05) is 26.2 Å². The predicted molar refractivity (Wildman–Crippen MR) is 150 cm³/mol. The molecule has 43 heavy (non-hydrogen) atoms. The fraction of sp³-hybridized carbons (Fsp3) is 0.333. The number of rotatable bonds is 9. The number of hydrogen-bond acceptors (Lipinski definition) is 8. The lowest BCUT2D eigenvalue weighted by molar-refractivity contribution is -0.274. The third-order valence-electron chi connectivity index (χ3n) is 6.87. The Kier molecular flexibility index (Phi) is 8.41. The summed E-state index contributed by atoms with van der Waals surface area (Å²) in [7, 11) is -4.33. The summed E-state index contributed by atoms with van der Waals surface area (Å²) in [5.41, 5.74) is 1.93. The quantitative estimate of drug-likeness (QED) is 0.259. The number of alkyl halides is 3. The van der Waals surface area contributed by atoms with Gasteiger partial charge in [0.1, 0.15) is 17.6 Å². The zero-order valence-electron chi connectivity index (χ0n) is 22.9. The average Bonchev–Trinajstić information content (AvgIpc) is 3.35. The molecular formula is C27H28F3N7O5S. The number of piperazine rings is 1. The van der Waals surface area contributed by atoms with Crippen LogP contribution >= 0.6 is 0 Å². The molecule has 2 aromatic heterocycles. The van der Waals surface area contributed by atoms with Crippen molar-refractivity contribution in [3.63, 3.8) is 0 Å². The molecule has 12 nitrogen and oxygen atoms in total. The molecule has 0 radical (unpaired) electrons. The highest BCUT2D eigenvalue weighted by molar-refractivity contribution is 7.89. The first-order valence-corrected chi connectivity index (χ1v) is 14.8. The number of benzene rings is 2. The number of halogens is 3. The largest absolute Gasteiger partial charge is 0.573 e. The molecule has 1 aliphatic heterocycles. The third-order valence-corrected chi connectivity index (χ3v) is 8.80. The Bertz CT molecular complexity index is 1760. The molecule has 5 rings (SSSR count). The lowest BCUT2D eigenvalue weighted by atomic mass is 10.1. The van der Waals surface area contributed by atoms with Crippen LogP contribution in [0.15, 0.2) is 64.4 Å². The molecule has 16 heteroatoms. The number of aromatic nitrogens is 4. The highest BCUT2D eigenvalue weighted by atomic mass is 32.2. The van der Waals surface area contributed by atoms with Crippen LogP contribution in [0.25, 0.3) is 11.3 Å². The van der Waals surface area contributed by atoms with Crippen LogP contribution in [0.5, 0.6) is 5.75 Å². The lowest BCUT2D eigenvalue weighted by Crippen LogP contribution is -2.60. The lowest BCUT2D eigenvalue weighted by Gasteiger charge is -2.40. The van der Waals surface area contributed by atoms with E-state index < -0.39 is 39.8 Å². The van der Waals surface area contributed by atoms with E-state index in [1.54, 1.807) is 4.90 Å². The van der Waals surface area contributed by atoms with E-state index in [0.717, 1.165) is 52.5 Å². The van der Waals surface area contributed by atoms with Crippen molar-refractivity contribution >= 4 is 33.0 Å². The van der Waals surface area contributed by atoms with Crippen molar-refractivity contribution in [3.8, 4) is 5.75 Å². The summed E-state index contributed by atoms with van der Waals surface area (Å²) in [6.45, 7) is 2.09. The standard InChI is InChI=1S/C27H28F3N7O5S/c1-2-3-17-4-6-18(7-5-17)14-32-25(38)21-16-36(22-15-31-23-24(33-22)35-26(39)34-23)12-13-37(21)43(40,41)20-10-8-19(9-11-20)42-27(28,29)30/h4-11,15,21H,2-3,12-14,16H2,1H3,(H,32,38)(H2,31,33,34,35,39)/t21-/m1/s1. The number of amides is 1. The second kappa shape index (κ2) is 12.0. The van der Waals surface area contributed by atoms with E-state index in [-0.39, 0.29) is 42.4 Å². The molecule has 0 bridgehead atoms. The van der Waals surface area contributed by atoms with Crippen LogP contribution < -0.4 is 20.6 Å². The number of sulfonamides is 1. The second-order valence-corrected chi connectivity index (χ2v) is 11.8. The van der Waals surface area contributed by atoms with Gasteiger partial charge in [0.15, 0.2) is 11.3 Å². The number of nitrogens with one attached hydrogen (secondary N) is 3. The Hall–Kier alpha value is -4.44. The summed E-state index contributed by atoms with van der Waals surface area (Å²) in [5, 5.41) is 2.81. The maximum absolute atomic E-state index is 13.7. The number of aryl methyl sites for hydroxylation is 1. The van der Waals surface area contributed by atoms with Gasteiger partial charge in [-0.15, -0.1) is 13.2 Å². The number of ether oxygens (including phenoxy) is 1. The number of imidazole rings is 1. The highest BCUT2D eigenvalue weighted by Gasteiger charge is 2.41. The topological polar surface area (TPSA) is 153 Å². The Morgan fingerprint density at radius 2 is 1.72 bits per heavy atom. The van der Waals surface area contributed by atoms with Gasteiger partial charge >= 0.3 is 12.1 Å². The number of anilines is 1. The fourth-order valence-electron chi connectivity index (χ4n) is 4.80. The first kappa shape index (κ1) is 30.0. The van der Waals surface area contributed by atoms with Gasteiger partial charge in [0.05, 0.1) is 11.1 Å². The molecule has 0 aliphatic carbocycles.